The fourth-order valence-electron chi connectivity index (χ4n) is 3.33. The van der Waals surface area contributed by atoms with Crippen LogP contribution in [-0.2, 0) is 0 Å². The molecule has 0 aliphatic heterocycles. The van der Waals surface area contributed by atoms with Crippen LogP contribution in [0.1, 0.15) is 78.6 Å². The van der Waals surface area contributed by atoms with E-state index in [1.54, 1.807) is 0 Å². The lowest BCUT2D eigenvalue weighted by molar-refractivity contribution is 0.238. The Kier molecular flexibility index (Phi) is 7.92. The van der Waals surface area contributed by atoms with Crippen LogP contribution in [0.25, 0.3) is 0 Å². The average Bonchev–Trinajstić information content (AvgIpc) is 2.26. The highest BCUT2D eigenvalue weighted by atomic mass is 14.9. The molecule has 1 rings (SSSR count). The first-order chi connectivity index (χ1) is 8.22. The molecule has 2 atom stereocenters. The van der Waals surface area contributed by atoms with Gasteiger partial charge < -0.3 is 5.32 Å². The van der Waals surface area contributed by atoms with Crippen LogP contribution in [-0.4, -0.2) is 12.6 Å². The standard InChI is InChI=1S/C16H33N/c1-4-5-6-7-8-9-10-17-16-12-14(2)11-15(3)13-16/h14-17H,4-13H2,1-3H3. The van der Waals surface area contributed by atoms with E-state index in [1.165, 1.54) is 64.3 Å². The van der Waals surface area contributed by atoms with E-state index in [0.717, 1.165) is 17.9 Å². The summed E-state index contributed by atoms with van der Waals surface area (Å²) in [6.07, 6.45) is 12.7. The molecule has 1 heteroatoms. The van der Waals surface area contributed by atoms with E-state index in [9.17, 15) is 0 Å². The van der Waals surface area contributed by atoms with E-state index in [2.05, 4.69) is 26.1 Å². The van der Waals surface area contributed by atoms with Crippen LogP contribution in [0.5, 0.6) is 0 Å². The van der Waals surface area contributed by atoms with Crippen molar-refractivity contribution in [1.82, 2.24) is 5.32 Å². The summed E-state index contributed by atoms with van der Waals surface area (Å²) in [5.41, 5.74) is 0. The summed E-state index contributed by atoms with van der Waals surface area (Å²) in [6.45, 7) is 8.35. The van der Waals surface area contributed by atoms with Crippen molar-refractivity contribution >= 4 is 0 Å². The van der Waals surface area contributed by atoms with Gasteiger partial charge in [0.2, 0.25) is 0 Å². The number of hydrogen-bond donors (Lipinski definition) is 1. The Labute approximate surface area is 109 Å². The van der Waals surface area contributed by atoms with Crippen molar-refractivity contribution < 1.29 is 0 Å². The molecule has 0 spiro atoms. The maximum absolute atomic E-state index is 3.77. The fraction of sp³-hybridized carbons (Fsp3) is 1.00. The molecule has 17 heavy (non-hydrogen) atoms. The normalized spacial score (nSPS) is 29.5. The topological polar surface area (TPSA) is 12.0 Å². The van der Waals surface area contributed by atoms with Gasteiger partial charge in [-0.3, -0.25) is 0 Å². The Morgan fingerprint density at radius 1 is 0.824 bits per heavy atom. The summed E-state index contributed by atoms with van der Waals surface area (Å²) >= 11 is 0. The van der Waals surface area contributed by atoms with Crippen molar-refractivity contribution in [3.05, 3.63) is 0 Å². The molecule has 0 bridgehead atoms. The first-order valence-electron chi connectivity index (χ1n) is 7.95. The highest BCUT2D eigenvalue weighted by Gasteiger charge is 2.22. The summed E-state index contributed by atoms with van der Waals surface area (Å²) in [7, 11) is 0. The van der Waals surface area contributed by atoms with Crippen molar-refractivity contribution in [3.8, 4) is 0 Å². The highest BCUT2D eigenvalue weighted by molar-refractivity contribution is 4.79. The molecule has 1 aliphatic rings. The Bertz CT molecular complexity index is 168. The second kappa shape index (κ2) is 8.97. The molecule has 0 aromatic rings. The molecule has 102 valence electrons. The first-order valence-corrected chi connectivity index (χ1v) is 7.95. The predicted molar refractivity (Wildman–Crippen MR) is 77.3 cm³/mol. The van der Waals surface area contributed by atoms with E-state index < -0.39 is 0 Å². The molecule has 1 saturated carbocycles. The zero-order valence-corrected chi connectivity index (χ0v) is 12.3. The third kappa shape index (κ3) is 7.08. The van der Waals surface area contributed by atoms with E-state index in [0.29, 0.717) is 0 Å². The van der Waals surface area contributed by atoms with Crippen LogP contribution in [0, 0.1) is 11.8 Å². The molecule has 1 fully saturated rings. The predicted octanol–water partition coefficient (Wildman–Crippen LogP) is 4.76. The van der Waals surface area contributed by atoms with Crippen molar-refractivity contribution in [1.29, 1.82) is 0 Å². The second-order valence-corrected chi connectivity index (χ2v) is 6.34. The van der Waals surface area contributed by atoms with Crippen LogP contribution in [0.2, 0.25) is 0 Å². The van der Waals surface area contributed by atoms with Crippen molar-refractivity contribution in [2.75, 3.05) is 6.54 Å². The Morgan fingerprint density at radius 3 is 2.06 bits per heavy atom. The van der Waals surface area contributed by atoms with Gasteiger partial charge in [-0.15, -0.1) is 0 Å². The maximum atomic E-state index is 3.77. The molecule has 2 unspecified atom stereocenters. The van der Waals surface area contributed by atoms with E-state index in [1.807, 2.05) is 0 Å². The van der Waals surface area contributed by atoms with Gasteiger partial charge in [-0.1, -0.05) is 52.9 Å². The summed E-state index contributed by atoms with van der Waals surface area (Å²) in [5.74, 6) is 1.86. The van der Waals surface area contributed by atoms with E-state index >= 15 is 0 Å². The van der Waals surface area contributed by atoms with Crippen LogP contribution >= 0.6 is 0 Å². The lowest BCUT2D eigenvalue weighted by atomic mass is 9.80. The Hall–Kier alpha value is -0.0400. The van der Waals surface area contributed by atoms with Crippen LogP contribution in [0.3, 0.4) is 0 Å². The minimum atomic E-state index is 0.810. The second-order valence-electron chi connectivity index (χ2n) is 6.34. The van der Waals surface area contributed by atoms with E-state index in [4.69, 9.17) is 0 Å². The summed E-state index contributed by atoms with van der Waals surface area (Å²) in [6, 6.07) is 0.810. The first kappa shape index (κ1) is 15.0. The van der Waals surface area contributed by atoms with Gasteiger partial charge in [0.25, 0.3) is 0 Å². The van der Waals surface area contributed by atoms with Gasteiger partial charge in [0, 0.05) is 6.04 Å². The summed E-state index contributed by atoms with van der Waals surface area (Å²) < 4.78 is 0. The van der Waals surface area contributed by atoms with Crippen molar-refractivity contribution in [2.45, 2.75) is 84.6 Å². The van der Waals surface area contributed by atoms with Gasteiger partial charge in [0.05, 0.1) is 0 Å². The van der Waals surface area contributed by atoms with Crippen LogP contribution in [0.15, 0.2) is 0 Å². The molecular weight excluding hydrogens is 206 g/mol. The zero-order chi connectivity index (χ0) is 12.5. The van der Waals surface area contributed by atoms with Gasteiger partial charge in [-0.05, 0) is 44.1 Å². The summed E-state index contributed by atoms with van der Waals surface area (Å²) in [4.78, 5) is 0. The number of hydrogen-bond acceptors (Lipinski definition) is 1. The highest BCUT2D eigenvalue weighted by Crippen LogP contribution is 2.28. The fourth-order valence-corrected chi connectivity index (χ4v) is 3.33. The Balaban J connectivity index is 1.95. The monoisotopic (exact) mass is 239 g/mol. The van der Waals surface area contributed by atoms with Gasteiger partial charge >= 0.3 is 0 Å². The molecule has 0 saturated heterocycles. The lowest BCUT2D eigenvalue weighted by Crippen LogP contribution is -2.36. The molecule has 1 nitrogen and oxygen atoms in total. The molecule has 1 N–H and O–H groups in total. The van der Waals surface area contributed by atoms with Crippen LogP contribution < -0.4 is 5.32 Å². The molecule has 0 amide bonds. The van der Waals surface area contributed by atoms with Gasteiger partial charge in [-0.25, -0.2) is 0 Å². The van der Waals surface area contributed by atoms with Crippen molar-refractivity contribution in [2.24, 2.45) is 11.8 Å². The number of nitrogens with one attached hydrogen (secondary N) is 1. The SMILES string of the molecule is CCCCCCCCNC1CC(C)CC(C)C1. The maximum Gasteiger partial charge on any atom is 0.00721 e. The minimum Gasteiger partial charge on any atom is -0.314 e. The average molecular weight is 239 g/mol. The van der Waals surface area contributed by atoms with Crippen LogP contribution in [0.4, 0.5) is 0 Å². The van der Waals surface area contributed by atoms with E-state index in [-0.39, 0.29) is 0 Å². The van der Waals surface area contributed by atoms with Crippen molar-refractivity contribution in [3.63, 3.8) is 0 Å². The Morgan fingerprint density at radius 2 is 1.41 bits per heavy atom. The molecule has 0 aromatic heterocycles. The third-order valence-corrected chi connectivity index (χ3v) is 4.14. The minimum absolute atomic E-state index is 0.810. The third-order valence-electron chi connectivity index (χ3n) is 4.14. The quantitative estimate of drug-likeness (QED) is 0.602. The molecule has 0 aromatic carbocycles. The smallest absolute Gasteiger partial charge is 0.00721 e. The largest absolute Gasteiger partial charge is 0.314 e. The number of unbranched alkanes of at least 4 members (excludes halogenated alkanes) is 5. The number of rotatable bonds is 8. The van der Waals surface area contributed by atoms with Gasteiger partial charge in [-0.2, -0.15) is 0 Å². The van der Waals surface area contributed by atoms with Gasteiger partial charge in [0.15, 0.2) is 0 Å². The molecule has 1 aliphatic carbocycles. The molecular formula is C16H33N. The van der Waals surface area contributed by atoms with Gasteiger partial charge in [0.1, 0.15) is 0 Å². The lowest BCUT2D eigenvalue weighted by Gasteiger charge is -2.32. The molecule has 0 heterocycles. The zero-order valence-electron chi connectivity index (χ0n) is 12.3. The summed E-state index contributed by atoms with van der Waals surface area (Å²) in [5, 5.41) is 3.77. The molecule has 0 radical (unpaired) electrons.